The number of fused-ring (bicyclic) bond motifs is 2. The van der Waals surface area contributed by atoms with E-state index in [0.717, 1.165) is 51.9 Å². The van der Waals surface area contributed by atoms with Gasteiger partial charge in [-0.05, 0) is 61.7 Å². The highest BCUT2D eigenvalue weighted by Crippen LogP contribution is 2.49. The number of aryl methyl sites for hydroxylation is 1. The average Bonchev–Trinajstić information content (AvgIpc) is 3.21. The zero-order valence-electron chi connectivity index (χ0n) is 17.3. The SMILES string of the molecule is Cc1nc2cc(C3(C(=O)Nc4ccc5[nH]c(C(C)(C)C)cc5c4)CC3)ccc2[nH]1. The average molecular weight is 386 g/mol. The summed E-state index contributed by atoms with van der Waals surface area (Å²) in [5, 5.41) is 4.27. The molecule has 5 heteroatoms. The molecule has 1 aliphatic carbocycles. The molecule has 29 heavy (non-hydrogen) atoms. The number of aromatic amines is 2. The van der Waals surface area contributed by atoms with Crippen LogP contribution in [-0.2, 0) is 15.6 Å². The summed E-state index contributed by atoms with van der Waals surface area (Å²) < 4.78 is 0. The summed E-state index contributed by atoms with van der Waals surface area (Å²) in [5.74, 6) is 0.955. The van der Waals surface area contributed by atoms with Gasteiger partial charge in [0.25, 0.3) is 0 Å². The number of amides is 1. The summed E-state index contributed by atoms with van der Waals surface area (Å²) in [6, 6.07) is 14.4. The molecule has 1 amide bonds. The van der Waals surface area contributed by atoms with E-state index in [1.165, 1.54) is 5.69 Å². The molecular formula is C24H26N4O. The van der Waals surface area contributed by atoms with Gasteiger partial charge in [-0.3, -0.25) is 4.79 Å². The second kappa shape index (κ2) is 5.96. The van der Waals surface area contributed by atoms with Crippen LogP contribution in [0.5, 0.6) is 0 Å². The maximum absolute atomic E-state index is 13.2. The van der Waals surface area contributed by atoms with E-state index < -0.39 is 5.41 Å². The Morgan fingerprint density at radius 3 is 2.52 bits per heavy atom. The first-order valence-corrected chi connectivity index (χ1v) is 10.2. The third-order valence-electron chi connectivity index (χ3n) is 6.03. The number of nitrogens with one attached hydrogen (secondary N) is 3. The van der Waals surface area contributed by atoms with Crippen molar-refractivity contribution in [2.45, 2.75) is 51.4 Å². The third kappa shape index (κ3) is 3.01. The van der Waals surface area contributed by atoms with E-state index >= 15 is 0 Å². The minimum atomic E-state index is -0.440. The zero-order chi connectivity index (χ0) is 20.4. The van der Waals surface area contributed by atoms with E-state index in [9.17, 15) is 4.79 Å². The van der Waals surface area contributed by atoms with Crippen molar-refractivity contribution in [2.75, 3.05) is 5.32 Å². The van der Waals surface area contributed by atoms with Crippen molar-refractivity contribution >= 4 is 33.5 Å². The lowest BCUT2D eigenvalue weighted by molar-refractivity contribution is -0.118. The Morgan fingerprint density at radius 1 is 1.03 bits per heavy atom. The fourth-order valence-electron chi connectivity index (χ4n) is 4.07. The molecule has 1 aliphatic rings. The predicted octanol–water partition coefficient (Wildman–Crippen LogP) is 5.32. The van der Waals surface area contributed by atoms with Gasteiger partial charge < -0.3 is 15.3 Å². The first kappa shape index (κ1) is 18.0. The Kier molecular flexibility index (Phi) is 3.69. The van der Waals surface area contributed by atoms with Gasteiger partial charge in [0.1, 0.15) is 5.82 Å². The summed E-state index contributed by atoms with van der Waals surface area (Å²) >= 11 is 0. The minimum absolute atomic E-state index is 0.0593. The Hall–Kier alpha value is -3.08. The van der Waals surface area contributed by atoms with Crippen molar-refractivity contribution in [1.29, 1.82) is 0 Å². The maximum atomic E-state index is 13.2. The monoisotopic (exact) mass is 386 g/mol. The van der Waals surface area contributed by atoms with Gasteiger partial charge in [0.15, 0.2) is 0 Å². The number of nitrogens with zero attached hydrogens (tertiary/aromatic N) is 1. The first-order chi connectivity index (χ1) is 13.7. The van der Waals surface area contributed by atoms with E-state index in [4.69, 9.17) is 0 Å². The van der Waals surface area contributed by atoms with E-state index in [-0.39, 0.29) is 11.3 Å². The molecule has 0 spiro atoms. The van der Waals surface area contributed by atoms with Gasteiger partial charge in [-0.25, -0.2) is 4.98 Å². The molecule has 0 radical (unpaired) electrons. The highest BCUT2D eigenvalue weighted by molar-refractivity contribution is 6.03. The molecule has 0 saturated heterocycles. The first-order valence-electron chi connectivity index (χ1n) is 10.2. The topological polar surface area (TPSA) is 73.6 Å². The van der Waals surface area contributed by atoms with Crippen molar-refractivity contribution in [3.63, 3.8) is 0 Å². The molecule has 0 aliphatic heterocycles. The van der Waals surface area contributed by atoms with Crippen LogP contribution in [0, 0.1) is 6.92 Å². The quantitative estimate of drug-likeness (QED) is 0.446. The molecule has 0 atom stereocenters. The van der Waals surface area contributed by atoms with Crippen LogP contribution in [0.15, 0.2) is 42.5 Å². The standard InChI is InChI=1S/C24H26N4O/c1-14-25-19-7-5-16(13-20(19)26-14)24(9-10-24)22(29)27-17-6-8-18-15(11-17)12-21(28-18)23(2,3)4/h5-8,11-13,28H,9-10H2,1-4H3,(H,25,26)(H,27,29). The van der Waals surface area contributed by atoms with Crippen molar-refractivity contribution in [3.05, 3.63) is 59.5 Å². The second-order valence-electron chi connectivity index (χ2n) is 9.33. The number of carbonyl (C=O) groups excluding carboxylic acids is 1. The van der Waals surface area contributed by atoms with E-state index in [2.05, 4.69) is 65.3 Å². The molecule has 2 heterocycles. The number of aromatic nitrogens is 3. The second-order valence-corrected chi connectivity index (χ2v) is 9.33. The van der Waals surface area contributed by atoms with Crippen LogP contribution in [-0.4, -0.2) is 20.9 Å². The summed E-state index contributed by atoms with van der Waals surface area (Å²) in [6.07, 6.45) is 1.74. The van der Waals surface area contributed by atoms with Gasteiger partial charge in [-0.2, -0.15) is 0 Å². The minimum Gasteiger partial charge on any atom is -0.358 e. The summed E-state index contributed by atoms with van der Waals surface area (Å²) in [7, 11) is 0. The van der Waals surface area contributed by atoms with E-state index in [1.807, 2.05) is 25.1 Å². The molecule has 1 saturated carbocycles. The third-order valence-corrected chi connectivity index (χ3v) is 6.03. The number of rotatable bonds is 3. The van der Waals surface area contributed by atoms with Crippen LogP contribution in [0.2, 0.25) is 0 Å². The lowest BCUT2D eigenvalue weighted by Crippen LogP contribution is -2.27. The molecule has 5 rings (SSSR count). The fraction of sp³-hybridized carbons (Fsp3) is 0.333. The molecule has 0 unspecified atom stereocenters. The Bertz CT molecular complexity index is 1250. The number of anilines is 1. The van der Waals surface area contributed by atoms with Gasteiger partial charge in [0, 0.05) is 27.7 Å². The van der Waals surface area contributed by atoms with Gasteiger partial charge in [0.05, 0.1) is 16.4 Å². The number of H-pyrrole nitrogens is 2. The van der Waals surface area contributed by atoms with Crippen molar-refractivity contribution < 1.29 is 4.79 Å². The van der Waals surface area contributed by atoms with Crippen LogP contribution in [0.4, 0.5) is 5.69 Å². The van der Waals surface area contributed by atoms with Gasteiger partial charge in [0.2, 0.25) is 5.91 Å². The molecule has 0 bridgehead atoms. The number of hydrogen-bond acceptors (Lipinski definition) is 2. The predicted molar refractivity (Wildman–Crippen MR) is 117 cm³/mol. The lowest BCUT2D eigenvalue weighted by Gasteiger charge is -2.16. The van der Waals surface area contributed by atoms with Gasteiger partial charge in [-0.15, -0.1) is 0 Å². The van der Waals surface area contributed by atoms with Gasteiger partial charge in [-0.1, -0.05) is 26.8 Å². The molecule has 2 aromatic carbocycles. The Morgan fingerprint density at radius 2 is 1.79 bits per heavy atom. The number of benzene rings is 2. The van der Waals surface area contributed by atoms with Crippen LogP contribution >= 0.6 is 0 Å². The van der Waals surface area contributed by atoms with Crippen LogP contribution in [0.3, 0.4) is 0 Å². The molecular weight excluding hydrogens is 360 g/mol. The lowest BCUT2D eigenvalue weighted by atomic mass is 9.92. The van der Waals surface area contributed by atoms with Crippen LogP contribution in [0.1, 0.15) is 50.7 Å². The molecule has 148 valence electrons. The Labute approximate surface area is 169 Å². The number of carbonyl (C=O) groups is 1. The Balaban J connectivity index is 1.43. The molecule has 3 N–H and O–H groups in total. The molecule has 4 aromatic rings. The van der Waals surface area contributed by atoms with E-state index in [0.29, 0.717) is 0 Å². The fourth-order valence-corrected chi connectivity index (χ4v) is 4.07. The maximum Gasteiger partial charge on any atom is 0.235 e. The van der Waals surface area contributed by atoms with Crippen molar-refractivity contribution in [1.82, 2.24) is 15.0 Å². The van der Waals surface area contributed by atoms with Crippen molar-refractivity contribution in [3.8, 4) is 0 Å². The van der Waals surface area contributed by atoms with Crippen LogP contribution in [0.25, 0.3) is 21.9 Å². The highest BCUT2D eigenvalue weighted by Gasteiger charge is 2.51. The smallest absolute Gasteiger partial charge is 0.235 e. The molecule has 5 nitrogen and oxygen atoms in total. The number of hydrogen-bond donors (Lipinski definition) is 3. The summed E-state index contributed by atoms with van der Waals surface area (Å²) in [6.45, 7) is 8.51. The zero-order valence-corrected chi connectivity index (χ0v) is 17.3. The highest BCUT2D eigenvalue weighted by atomic mass is 16.2. The summed E-state index contributed by atoms with van der Waals surface area (Å²) in [5.41, 5.74) is 5.72. The normalized spacial score (nSPS) is 15.7. The van der Waals surface area contributed by atoms with Crippen LogP contribution < -0.4 is 5.32 Å². The summed E-state index contributed by atoms with van der Waals surface area (Å²) in [4.78, 5) is 24.4. The molecule has 2 aromatic heterocycles. The molecule has 1 fully saturated rings. The van der Waals surface area contributed by atoms with E-state index in [1.54, 1.807) is 0 Å². The van der Waals surface area contributed by atoms with Gasteiger partial charge >= 0.3 is 0 Å². The number of imidazole rings is 1. The van der Waals surface area contributed by atoms with Crippen molar-refractivity contribution in [2.24, 2.45) is 0 Å². The largest absolute Gasteiger partial charge is 0.358 e.